The van der Waals surface area contributed by atoms with Crippen LogP contribution in [0.2, 0.25) is 0 Å². The van der Waals surface area contributed by atoms with Gasteiger partial charge in [-0.1, -0.05) is 13.8 Å². The highest BCUT2D eigenvalue weighted by atomic mass is 16.3. The lowest BCUT2D eigenvalue weighted by atomic mass is 9.95. The van der Waals surface area contributed by atoms with E-state index in [-0.39, 0.29) is 17.7 Å². The second kappa shape index (κ2) is 5.94. The molecule has 0 fully saturated rings. The van der Waals surface area contributed by atoms with E-state index in [4.69, 9.17) is 10.8 Å². The largest absolute Gasteiger partial charge is 0.392 e. The molecule has 0 saturated carbocycles. The quantitative estimate of drug-likeness (QED) is 0.555. The average molecular weight is 188 g/mol. The molecule has 78 valence electrons. The predicted molar refractivity (Wildman–Crippen MR) is 52.1 cm³/mol. The molecule has 2 atom stereocenters. The predicted octanol–water partition coefficient (Wildman–Crippen LogP) is -0.286. The third-order valence-corrected chi connectivity index (χ3v) is 1.97. The van der Waals surface area contributed by atoms with E-state index < -0.39 is 6.10 Å². The minimum Gasteiger partial charge on any atom is -0.392 e. The van der Waals surface area contributed by atoms with Crippen LogP contribution < -0.4 is 11.1 Å². The summed E-state index contributed by atoms with van der Waals surface area (Å²) in [6, 6.07) is 0. The first kappa shape index (κ1) is 12.4. The van der Waals surface area contributed by atoms with E-state index in [1.165, 1.54) is 0 Å². The SMILES string of the molecule is CC(C)C(CN)C(=O)NC[C@@H](C)O. The summed E-state index contributed by atoms with van der Waals surface area (Å²) in [4.78, 5) is 11.4. The van der Waals surface area contributed by atoms with Gasteiger partial charge in [-0.2, -0.15) is 0 Å². The fourth-order valence-corrected chi connectivity index (χ4v) is 1.06. The van der Waals surface area contributed by atoms with Gasteiger partial charge in [0.15, 0.2) is 0 Å². The summed E-state index contributed by atoms with van der Waals surface area (Å²) >= 11 is 0. The maximum absolute atomic E-state index is 11.4. The van der Waals surface area contributed by atoms with Gasteiger partial charge in [-0.15, -0.1) is 0 Å². The lowest BCUT2D eigenvalue weighted by molar-refractivity contribution is -0.126. The van der Waals surface area contributed by atoms with Crippen LogP contribution in [-0.2, 0) is 4.79 Å². The van der Waals surface area contributed by atoms with Crippen molar-refractivity contribution in [2.45, 2.75) is 26.9 Å². The molecular weight excluding hydrogens is 168 g/mol. The smallest absolute Gasteiger partial charge is 0.224 e. The molecule has 0 aromatic rings. The van der Waals surface area contributed by atoms with Gasteiger partial charge >= 0.3 is 0 Å². The molecular formula is C9H20N2O2. The Kier molecular flexibility index (Phi) is 5.66. The molecule has 0 rings (SSSR count). The van der Waals surface area contributed by atoms with E-state index >= 15 is 0 Å². The van der Waals surface area contributed by atoms with E-state index in [1.807, 2.05) is 13.8 Å². The highest BCUT2D eigenvalue weighted by Crippen LogP contribution is 2.08. The molecule has 4 nitrogen and oxygen atoms in total. The van der Waals surface area contributed by atoms with Crippen LogP contribution in [0.25, 0.3) is 0 Å². The number of rotatable bonds is 5. The summed E-state index contributed by atoms with van der Waals surface area (Å²) in [6.45, 7) is 6.19. The Morgan fingerprint density at radius 3 is 2.31 bits per heavy atom. The lowest BCUT2D eigenvalue weighted by Gasteiger charge is -2.18. The van der Waals surface area contributed by atoms with Gasteiger partial charge in [0.05, 0.1) is 12.0 Å². The minimum absolute atomic E-state index is 0.0709. The summed E-state index contributed by atoms with van der Waals surface area (Å²) < 4.78 is 0. The van der Waals surface area contributed by atoms with E-state index in [0.29, 0.717) is 13.1 Å². The lowest BCUT2D eigenvalue weighted by Crippen LogP contribution is -2.40. The fraction of sp³-hybridized carbons (Fsp3) is 0.889. The fourth-order valence-electron chi connectivity index (χ4n) is 1.06. The van der Waals surface area contributed by atoms with Crippen LogP contribution in [0.15, 0.2) is 0 Å². The summed E-state index contributed by atoms with van der Waals surface area (Å²) in [5, 5.41) is 11.6. The number of nitrogens with two attached hydrogens (primary N) is 1. The Morgan fingerprint density at radius 2 is 2.00 bits per heavy atom. The van der Waals surface area contributed by atoms with Crippen LogP contribution in [0.3, 0.4) is 0 Å². The average Bonchev–Trinajstić information content (AvgIpc) is 2.01. The molecule has 0 spiro atoms. The highest BCUT2D eigenvalue weighted by Gasteiger charge is 2.19. The molecule has 0 bridgehead atoms. The van der Waals surface area contributed by atoms with Crippen molar-refractivity contribution in [3.8, 4) is 0 Å². The van der Waals surface area contributed by atoms with Crippen LogP contribution >= 0.6 is 0 Å². The van der Waals surface area contributed by atoms with Crippen molar-refractivity contribution in [2.24, 2.45) is 17.6 Å². The molecule has 0 aromatic carbocycles. The Hall–Kier alpha value is -0.610. The van der Waals surface area contributed by atoms with Crippen molar-refractivity contribution < 1.29 is 9.90 Å². The molecule has 4 N–H and O–H groups in total. The van der Waals surface area contributed by atoms with Crippen molar-refractivity contribution in [1.29, 1.82) is 0 Å². The second-order valence-corrected chi connectivity index (χ2v) is 3.68. The van der Waals surface area contributed by atoms with E-state index in [2.05, 4.69) is 5.32 Å². The molecule has 1 amide bonds. The number of nitrogens with one attached hydrogen (secondary N) is 1. The first-order chi connectivity index (χ1) is 5.99. The Morgan fingerprint density at radius 1 is 1.46 bits per heavy atom. The number of hydrogen-bond donors (Lipinski definition) is 3. The molecule has 13 heavy (non-hydrogen) atoms. The van der Waals surface area contributed by atoms with Crippen LogP contribution in [0.4, 0.5) is 0 Å². The molecule has 0 heterocycles. The monoisotopic (exact) mass is 188 g/mol. The molecule has 0 aromatic heterocycles. The third-order valence-electron chi connectivity index (χ3n) is 1.97. The number of amides is 1. The minimum atomic E-state index is -0.505. The van der Waals surface area contributed by atoms with Crippen molar-refractivity contribution in [3.63, 3.8) is 0 Å². The summed E-state index contributed by atoms with van der Waals surface area (Å²) in [5.74, 6) is 0.0103. The number of aliphatic hydroxyl groups excluding tert-OH is 1. The summed E-state index contributed by atoms with van der Waals surface area (Å²) in [7, 11) is 0. The van der Waals surface area contributed by atoms with Crippen LogP contribution in [0, 0.1) is 11.8 Å². The van der Waals surface area contributed by atoms with E-state index in [0.717, 1.165) is 0 Å². The van der Waals surface area contributed by atoms with Crippen molar-refractivity contribution in [3.05, 3.63) is 0 Å². The first-order valence-electron chi connectivity index (χ1n) is 4.64. The molecule has 0 aliphatic carbocycles. The van der Waals surface area contributed by atoms with E-state index in [1.54, 1.807) is 6.92 Å². The third kappa shape index (κ3) is 4.85. The Balaban J connectivity index is 3.92. The maximum Gasteiger partial charge on any atom is 0.224 e. The number of hydrogen-bond acceptors (Lipinski definition) is 3. The van der Waals surface area contributed by atoms with Gasteiger partial charge in [0.1, 0.15) is 0 Å². The van der Waals surface area contributed by atoms with Gasteiger partial charge < -0.3 is 16.2 Å². The van der Waals surface area contributed by atoms with Crippen molar-refractivity contribution >= 4 is 5.91 Å². The van der Waals surface area contributed by atoms with E-state index in [9.17, 15) is 4.79 Å². The van der Waals surface area contributed by atoms with Gasteiger partial charge in [0.25, 0.3) is 0 Å². The normalized spacial score (nSPS) is 15.5. The van der Waals surface area contributed by atoms with Gasteiger partial charge in [-0.3, -0.25) is 4.79 Å². The second-order valence-electron chi connectivity index (χ2n) is 3.68. The van der Waals surface area contributed by atoms with Gasteiger partial charge in [-0.25, -0.2) is 0 Å². The number of carbonyl (C=O) groups excluding carboxylic acids is 1. The summed E-state index contributed by atoms with van der Waals surface area (Å²) in [5.41, 5.74) is 5.46. The summed E-state index contributed by atoms with van der Waals surface area (Å²) in [6.07, 6.45) is -0.505. The molecule has 0 radical (unpaired) electrons. The van der Waals surface area contributed by atoms with Crippen LogP contribution in [0.5, 0.6) is 0 Å². The van der Waals surface area contributed by atoms with Crippen molar-refractivity contribution in [1.82, 2.24) is 5.32 Å². The maximum atomic E-state index is 11.4. The molecule has 4 heteroatoms. The topological polar surface area (TPSA) is 75.4 Å². The van der Waals surface area contributed by atoms with Crippen molar-refractivity contribution in [2.75, 3.05) is 13.1 Å². The standard InChI is InChI=1S/C9H20N2O2/c1-6(2)8(4-10)9(13)11-5-7(3)12/h6-8,12H,4-5,10H2,1-3H3,(H,11,13)/t7-,8?/m1/s1. The van der Waals surface area contributed by atoms with Gasteiger partial charge in [-0.05, 0) is 12.8 Å². The Labute approximate surface area is 79.5 Å². The number of carbonyl (C=O) groups is 1. The highest BCUT2D eigenvalue weighted by molar-refractivity contribution is 5.79. The Bertz CT molecular complexity index is 158. The number of aliphatic hydroxyl groups is 1. The van der Waals surface area contributed by atoms with Gasteiger partial charge in [0.2, 0.25) is 5.91 Å². The zero-order valence-corrected chi connectivity index (χ0v) is 8.58. The molecule has 0 saturated heterocycles. The first-order valence-corrected chi connectivity index (χ1v) is 4.64. The molecule has 0 aliphatic heterocycles. The van der Waals surface area contributed by atoms with Crippen LogP contribution in [-0.4, -0.2) is 30.2 Å². The molecule has 0 aliphatic rings. The zero-order valence-electron chi connectivity index (χ0n) is 8.58. The zero-order chi connectivity index (χ0) is 10.4. The van der Waals surface area contributed by atoms with Gasteiger partial charge in [0, 0.05) is 13.1 Å². The molecule has 1 unspecified atom stereocenters. The van der Waals surface area contributed by atoms with Crippen LogP contribution in [0.1, 0.15) is 20.8 Å².